The lowest BCUT2D eigenvalue weighted by molar-refractivity contribution is -0.112. The summed E-state index contributed by atoms with van der Waals surface area (Å²) in [5, 5.41) is 12.3. The van der Waals surface area contributed by atoms with Gasteiger partial charge in [0.25, 0.3) is 5.91 Å². The molecular weight excluding hydrogens is 324 g/mol. The molecular formula is C19H13ClN2O2. The van der Waals surface area contributed by atoms with Gasteiger partial charge < -0.3 is 10.1 Å². The molecule has 0 radical (unpaired) electrons. The lowest BCUT2D eigenvalue weighted by Crippen LogP contribution is -2.13. The highest BCUT2D eigenvalue weighted by Gasteiger charge is 2.11. The van der Waals surface area contributed by atoms with Gasteiger partial charge in [-0.1, -0.05) is 41.8 Å². The van der Waals surface area contributed by atoms with Crippen molar-refractivity contribution in [3.05, 3.63) is 64.7 Å². The van der Waals surface area contributed by atoms with Crippen LogP contribution in [0, 0.1) is 23.7 Å². The fraction of sp³-hybridized carbons (Fsp3) is 0.0526. The Morgan fingerprint density at radius 1 is 1.29 bits per heavy atom. The van der Waals surface area contributed by atoms with E-state index in [0.717, 1.165) is 0 Å². The van der Waals surface area contributed by atoms with Gasteiger partial charge in [0.15, 0.2) is 0 Å². The van der Waals surface area contributed by atoms with Gasteiger partial charge in [0.1, 0.15) is 24.0 Å². The molecule has 5 heteroatoms. The van der Waals surface area contributed by atoms with Crippen LogP contribution in [-0.2, 0) is 4.79 Å². The second-order valence-corrected chi connectivity index (χ2v) is 5.08. The van der Waals surface area contributed by atoms with Crippen molar-refractivity contribution in [3.63, 3.8) is 0 Å². The highest BCUT2D eigenvalue weighted by atomic mass is 35.5. The van der Waals surface area contributed by atoms with Crippen LogP contribution in [0.2, 0.25) is 5.02 Å². The molecule has 4 nitrogen and oxygen atoms in total. The zero-order valence-electron chi connectivity index (χ0n) is 12.6. The zero-order valence-corrected chi connectivity index (χ0v) is 13.4. The van der Waals surface area contributed by atoms with Crippen molar-refractivity contribution >= 4 is 29.3 Å². The number of ether oxygens (including phenoxy) is 1. The number of anilines is 1. The standard InChI is InChI=1S/C19H13ClN2O2/c1-2-10-24-16-7-5-6-14(12-16)11-15(13-21)19(23)22-18-9-4-3-8-17(18)20/h1,3-9,11-12H,10H2,(H,22,23)/b15-11-. The molecule has 1 amide bonds. The average Bonchev–Trinajstić information content (AvgIpc) is 2.60. The zero-order chi connectivity index (χ0) is 17.4. The predicted octanol–water partition coefficient (Wildman–Crippen LogP) is 3.90. The molecule has 118 valence electrons. The maximum absolute atomic E-state index is 12.2. The molecule has 0 heterocycles. The van der Waals surface area contributed by atoms with Crippen LogP contribution in [0.4, 0.5) is 5.69 Å². The van der Waals surface area contributed by atoms with E-state index in [1.807, 2.05) is 6.07 Å². The summed E-state index contributed by atoms with van der Waals surface area (Å²) in [5.74, 6) is 2.39. The third-order valence-electron chi connectivity index (χ3n) is 2.98. The van der Waals surface area contributed by atoms with E-state index in [0.29, 0.717) is 22.0 Å². The normalized spacial score (nSPS) is 10.4. The molecule has 2 aromatic rings. The van der Waals surface area contributed by atoms with Crippen LogP contribution in [0.3, 0.4) is 0 Å². The maximum atomic E-state index is 12.2. The van der Waals surface area contributed by atoms with E-state index in [1.54, 1.807) is 48.5 Å². The first-order chi connectivity index (χ1) is 11.6. The van der Waals surface area contributed by atoms with Crippen LogP contribution in [-0.4, -0.2) is 12.5 Å². The number of carbonyl (C=O) groups is 1. The fourth-order valence-electron chi connectivity index (χ4n) is 1.89. The second kappa shape index (κ2) is 8.43. The molecule has 24 heavy (non-hydrogen) atoms. The Morgan fingerprint density at radius 3 is 2.79 bits per heavy atom. The lowest BCUT2D eigenvalue weighted by Gasteiger charge is -2.06. The molecule has 0 atom stereocenters. The van der Waals surface area contributed by atoms with E-state index in [1.165, 1.54) is 6.08 Å². The third kappa shape index (κ3) is 4.64. The number of hydrogen-bond donors (Lipinski definition) is 1. The number of nitriles is 1. The minimum Gasteiger partial charge on any atom is -0.481 e. The summed E-state index contributed by atoms with van der Waals surface area (Å²) in [6.45, 7) is 0.144. The summed E-state index contributed by atoms with van der Waals surface area (Å²) in [7, 11) is 0. The number of para-hydroxylation sites is 1. The van der Waals surface area contributed by atoms with E-state index in [4.69, 9.17) is 22.8 Å². The van der Waals surface area contributed by atoms with Crippen LogP contribution < -0.4 is 10.1 Å². The highest BCUT2D eigenvalue weighted by Crippen LogP contribution is 2.21. The number of amides is 1. The van der Waals surface area contributed by atoms with Gasteiger partial charge in [0.2, 0.25) is 0 Å². The fourth-order valence-corrected chi connectivity index (χ4v) is 2.07. The van der Waals surface area contributed by atoms with Gasteiger partial charge in [-0.2, -0.15) is 5.26 Å². The molecule has 0 aromatic heterocycles. The first-order valence-corrected chi connectivity index (χ1v) is 7.36. The molecule has 0 aliphatic carbocycles. The molecule has 0 unspecified atom stereocenters. The van der Waals surface area contributed by atoms with Crippen molar-refractivity contribution in [2.75, 3.05) is 11.9 Å². The summed E-state index contributed by atoms with van der Waals surface area (Å²) >= 11 is 6.00. The molecule has 0 saturated carbocycles. The Balaban J connectivity index is 2.20. The van der Waals surface area contributed by atoms with Crippen LogP contribution in [0.15, 0.2) is 54.1 Å². The smallest absolute Gasteiger partial charge is 0.266 e. The summed E-state index contributed by atoms with van der Waals surface area (Å²) in [6, 6.07) is 15.6. The lowest BCUT2D eigenvalue weighted by atomic mass is 10.1. The molecule has 2 aromatic carbocycles. The molecule has 1 N–H and O–H groups in total. The molecule has 0 aliphatic heterocycles. The van der Waals surface area contributed by atoms with Crippen LogP contribution in [0.25, 0.3) is 6.08 Å². The quantitative estimate of drug-likeness (QED) is 0.511. The Morgan fingerprint density at radius 2 is 2.08 bits per heavy atom. The largest absolute Gasteiger partial charge is 0.481 e. The molecule has 0 bridgehead atoms. The monoisotopic (exact) mass is 336 g/mol. The molecule has 0 saturated heterocycles. The third-order valence-corrected chi connectivity index (χ3v) is 3.31. The second-order valence-electron chi connectivity index (χ2n) is 4.67. The van der Waals surface area contributed by atoms with Gasteiger partial charge in [-0.25, -0.2) is 0 Å². The van der Waals surface area contributed by atoms with Crippen molar-refractivity contribution in [3.8, 4) is 24.2 Å². The van der Waals surface area contributed by atoms with Gasteiger partial charge in [-0.3, -0.25) is 4.79 Å². The van der Waals surface area contributed by atoms with Gasteiger partial charge in [0.05, 0.1) is 10.7 Å². The van der Waals surface area contributed by atoms with Crippen molar-refractivity contribution < 1.29 is 9.53 Å². The van der Waals surface area contributed by atoms with Gasteiger partial charge in [0, 0.05) is 0 Å². The summed E-state index contributed by atoms with van der Waals surface area (Å²) in [5.41, 5.74) is 1.04. The predicted molar refractivity (Wildman–Crippen MR) is 94.4 cm³/mol. The minimum absolute atomic E-state index is 0.0518. The summed E-state index contributed by atoms with van der Waals surface area (Å²) in [6.07, 6.45) is 6.62. The van der Waals surface area contributed by atoms with Crippen molar-refractivity contribution in [1.29, 1.82) is 5.26 Å². The number of hydrogen-bond acceptors (Lipinski definition) is 3. The van der Waals surface area contributed by atoms with Gasteiger partial charge in [-0.05, 0) is 35.9 Å². The molecule has 0 fully saturated rings. The molecule has 0 spiro atoms. The van der Waals surface area contributed by atoms with Crippen LogP contribution >= 0.6 is 11.6 Å². The Hall–Kier alpha value is -3.21. The number of nitrogens with one attached hydrogen (secondary N) is 1. The summed E-state index contributed by atoms with van der Waals surface area (Å²) in [4.78, 5) is 12.2. The first kappa shape index (κ1) is 17.1. The number of benzene rings is 2. The van der Waals surface area contributed by atoms with Gasteiger partial charge >= 0.3 is 0 Å². The topological polar surface area (TPSA) is 62.1 Å². The van der Waals surface area contributed by atoms with Crippen molar-refractivity contribution in [2.24, 2.45) is 0 Å². The van der Waals surface area contributed by atoms with E-state index < -0.39 is 5.91 Å². The number of halogens is 1. The van der Waals surface area contributed by atoms with E-state index in [-0.39, 0.29) is 12.2 Å². The van der Waals surface area contributed by atoms with Gasteiger partial charge in [-0.15, -0.1) is 6.42 Å². The van der Waals surface area contributed by atoms with E-state index in [9.17, 15) is 10.1 Å². The number of carbonyl (C=O) groups excluding carboxylic acids is 1. The van der Waals surface area contributed by atoms with E-state index in [2.05, 4.69) is 11.2 Å². The minimum atomic E-state index is -0.541. The SMILES string of the molecule is C#CCOc1cccc(/C=C(/C#N)C(=O)Nc2ccccc2Cl)c1. The average molecular weight is 337 g/mol. The maximum Gasteiger partial charge on any atom is 0.266 e. The van der Waals surface area contributed by atoms with Crippen molar-refractivity contribution in [1.82, 2.24) is 0 Å². The Bertz CT molecular complexity index is 860. The van der Waals surface area contributed by atoms with Crippen molar-refractivity contribution in [2.45, 2.75) is 0 Å². The Labute approximate surface area is 145 Å². The number of rotatable bonds is 5. The first-order valence-electron chi connectivity index (χ1n) is 6.98. The van der Waals surface area contributed by atoms with Crippen LogP contribution in [0.5, 0.6) is 5.75 Å². The van der Waals surface area contributed by atoms with Crippen LogP contribution in [0.1, 0.15) is 5.56 Å². The Kier molecular flexibility index (Phi) is 6.02. The summed E-state index contributed by atoms with van der Waals surface area (Å²) < 4.78 is 5.32. The number of terminal acetylenes is 1. The molecule has 0 aliphatic rings. The van der Waals surface area contributed by atoms with E-state index >= 15 is 0 Å². The molecule has 2 rings (SSSR count). The number of nitrogens with zero attached hydrogens (tertiary/aromatic N) is 1. The highest BCUT2D eigenvalue weighted by molar-refractivity contribution is 6.34.